The van der Waals surface area contributed by atoms with Crippen molar-refractivity contribution in [1.82, 2.24) is 0 Å². The molecule has 1 aliphatic rings. The number of hydrogen-bond acceptors (Lipinski definition) is 3. The lowest BCUT2D eigenvalue weighted by Crippen LogP contribution is -2.25. The molecule has 0 saturated heterocycles. The summed E-state index contributed by atoms with van der Waals surface area (Å²) in [6, 6.07) is 22.0. The molecule has 0 bridgehead atoms. The van der Waals surface area contributed by atoms with Crippen molar-refractivity contribution in [1.29, 1.82) is 0 Å². The number of non-ortho nitro benzene ring substituents is 1. The average Bonchev–Trinajstić information content (AvgIpc) is 3.05. The van der Waals surface area contributed by atoms with Gasteiger partial charge in [0.05, 0.1) is 16.3 Å². The van der Waals surface area contributed by atoms with E-state index in [2.05, 4.69) is 6.07 Å². The van der Waals surface area contributed by atoms with Crippen LogP contribution in [0.15, 0.2) is 84.4 Å². The highest BCUT2D eigenvalue weighted by Gasteiger charge is 2.31. The summed E-state index contributed by atoms with van der Waals surface area (Å²) in [5, 5.41) is 10.9. The molecule has 3 aromatic rings. The summed E-state index contributed by atoms with van der Waals surface area (Å²) in [5.74, 6) is -0.126. The van der Waals surface area contributed by atoms with E-state index < -0.39 is 4.92 Å². The van der Waals surface area contributed by atoms with E-state index in [1.165, 1.54) is 12.1 Å². The molecule has 5 nitrogen and oxygen atoms in total. The number of nitrogens with zero attached hydrogens (tertiary/aromatic N) is 2. The number of amides is 1. The van der Waals surface area contributed by atoms with E-state index in [0.717, 1.165) is 33.6 Å². The van der Waals surface area contributed by atoms with Crippen LogP contribution in [0, 0.1) is 24.0 Å². The lowest BCUT2D eigenvalue weighted by atomic mass is 10.1. The molecule has 1 aliphatic heterocycles. The number of hydrogen-bond donors (Lipinski definition) is 0. The molecule has 0 aliphatic carbocycles. The molecule has 0 spiro atoms. The van der Waals surface area contributed by atoms with Crippen molar-refractivity contribution < 1.29 is 9.72 Å². The van der Waals surface area contributed by atoms with Gasteiger partial charge in [0.2, 0.25) is 0 Å². The quantitative estimate of drug-likeness (QED) is 0.324. The van der Waals surface area contributed by atoms with Gasteiger partial charge in [0.15, 0.2) is 0 Å². The van der Waals surface area contributed by atoms with Crippen LogP contribution in [-0.2, 0) is 4.79 Å². The fourth-order valence-corrected chi connectivity index (χ4v) is 3.60. The minimum atomic E-state index is -0.438. The fraction of sp³-hybridized carbons (Fsp3) is 0.0800. The third-order valence-corrected chi connectivity index (χ3v) is 5.07. The molecular weight excluding hydrogens is 376 g/mol. The third-order valence-electron chi connectivity index (χ3n) is 5.07. The van der Waals surface area contributed by atoms with Crippen molar-refractivity contribution in [3.63, 3.8) is 0 Å². The number of benzene rings is 3. The Hall–Kier alpha value is -3.99. The monoisotopic (exact) mass is 396 g/mol. The van der Waals surface area contributed by atoms with Crippen LogP contribution in [0.25, 0.3) is 11.8 Å². The molecule has 0 saturated carbocycles. The van der Waals surface area contributed by atoms with E-state index in [1.54, 1.807) is 23.1 Å². The Morgan fingerprint density at radius 3 is 2.27 bits per heavy atom. The summed E-state index contributed by atoms with van der Waals surface area (Å²) in [6.07, 6.45) is 3.64. The minimum Gasteiger partial charge on any atom is -0.276 e. The first-order valence-electron chi connectivity index (χ1n) is 9.59. The lowest BCUT2D eigenvalue weighted by Gasteiger charge is -2.23. The number of anilines is 1. The third kappa shape index (κ3) is 3.65. The maximum absolute atomic E-state index is 13.4. The number of carbonyl (C=O) groups excluding carboxylic acids is 1. The normalized spacial score (nSPS) is 14.9. The minimum absolute atomic E-state index is 0.0207. The number of nitro benzene ring substituents is 1. The predicted octanol–water partition coefficient (Wildman–Crippen LogP) is 5.68. The van der Waals surface area contributed by atoms with E-state index in [1.807, 2.05) is 62.4 Å². The number of carbonyl (C=O) groups is 1. The summed E-state index contributed by atoms with van der Waals surface area (Å²) in [5.41, 5.74) is 6.02. The zero-order valence-corrected chi connectivity index (χ0v) is 16.7. The topological polar surface area (TPSA) is 63.5 Å². The molecule has 1 heterocycles. The summed E-state index contributed by atoms with van der Waals surface area (Å²) >= 11 is 0. The van der Waals surface area contributed by atoms with Crippen molar-refractivity contribution in [3.8, 4) is 0 Å². The van der Waals surface area contributed by atoms with Gasteiger partial charge in [-0.1, -0.05) is 48.0 Å². The van der Waals surface area contributed by atoms with Crippen LogP contribution in [-0.4, -0.2) is 10.8 Å². The Labute approximate surface area is 174 Å². The van der Waals surface area contributed by atoms with Crippen LogP contribution in [0.2, 0.25) is 0 Å². The zero-order valence-electron chi connectivity index (χ0n) is 16.7. The smallest absolute Gasteiger partial charge is 0.269 e. The molecule has 0 aromatic heterocycles. The molecule has 148 valence electrons. The van der Waals surface area contributed by atoms with Gasteiger partial charge in [-0.3, -0.25) is 19.8 Å². The van der Waals surface area contributed by atoms with Crippen LogP contribution in [0.5, 0.6) is 0 Å². The molecule has 4 rings (SSSR count). The van der Waals surface area contributed by atoms with Crippen LogP contribution < -0.4 is 4.90 Å². The predicted molar refractivity (Wildman–Crippen MR) is 119 cm³/mol. The summed E-state index contributed by atoms with van der Waals surface area (Å²) in [6.45, 7) is 4.02. The van der Waals surface area contributed by atoms with Gasteiger partial charge in [0.25, 0.3) is 11.6 Å². The van der Waals surface area contributed by atoms with Crippen molar-refractivity contribution in [2.24, 2.45) is 0 Å². The second-order valence-corrected chi connectivity index (χ2v) is 7.27. The molecular formula is C25H20N2O3. The SMILES string of the molecule is Cc1ccc(N2C(=O)C(=Cc3ccc([N+](=O)[O-])cc3)C=C2c2ccccc2)c(C)c1. The zero-order chi connectivity index (χ0) is 21.3. The molecule has 0 fully saturated rings. The van der Waals surface area contributed by atoms with Crippen molar-refractivity contribution in [2.75, 3.05) is 4.90 Å². The average molecular weight is 396 g/mol. The van der Waals surface area contributed by atoms with E-state index in [0.29, 0.717) is 5.57 Å². The Morgan fingerprint density at radius 1 is 0.933 bits per heavy atom. The highest BCUT2D eigenvalue weighted by Crippen LogP contribution is 2.37. The van der Waals surface area contributed by atoms with Gasteiger partial charge in [-0.05, 0) is 60.9 Å². The number of nitro groups is 1. The second-order valence-electron chi connectivity index (χ2n) is 7.27. The number of rotatable bonds is 4. The highest BCUT2D eigenvalue weighted by molar-refractivity contribution is 6.23. The van der Waals surface area contributed by atoms with Crippen molar-refractivity contribution in [3.05, 3.63) is 117 Å². The lowest BCUT2D eigenvalue weighted by molar-refractivity contribution is -0.384. The Morgan fingerprint density at radius 2 is 1.63 bits per heavy atom. The molecule has 1 amide bonds. The first-order chi connectivity index (χ1) is 14.4. The van der Waals surface area contributed by atoms with Gasteiger partial charge >= 0.3 is 0 Å². The summed E-state index contributed by atoms with van der Waals surface area (Å²) in [4.78, 5) is 25.6. The Kier molecular flexibility index (Phi) is 5.02. The van der Waals surface area contributed by atoms with E-state index in [9.17, 15) is 14.9 Å². The first kappa shape index (κ1) is 19.3. The highest BCUT2D eigenvalue weighted by atomic mass is 16.6. The Bertz CT molecular complexity index is 1190. The second kappa shape index (κ2) is 7.79. The maximum Gasteiger partial charge on any atom is 0.269 e. The maximum atomic E-state index is 13.4. The largest absolute Gasteiger partial charge is 0.276 e. The van der Waals surface area contributed by atoms with E-state index >= 15 is 0 Å². The van der Waals surface area contributed by atoms with Gasteiger partial charge in [0.1, 0.15) is 0 Å². The first-order valence-corrected chi connectivity index (χ1v) is 9.59. The molecule has 0 unspecified atom stereocenters. The molecule has 3 aromatic carbocycles. The summed E-state index contributed by atoms with van der Waals surface area (Å²) < 4.78 is 0. The van der Waals surface area contributed by atoms with Crippen molar-refractivity contribution in [2.45, 2.75) is 13.8 Å². The van der Waals surface area contributed by atoms with Gasteiger partial charge in [-0.15, -0.1) is 0 Å². The van der Waals surface area contributed by atoms with Gasteiger partial charge in [-0.25, -0.2) is 0 Å². The van der Waals surface area contributed by atoms with Crippen molar-refractivity contribution >= 4 is 29.1 Å². The fourth-order valence-electron chi connectivity index (χ4n) is 3.60. The number of aryl methyl sites for hydroxylation is 2. The Balaban J connectivity index is 1.80. The standard InChI is InChI=1S/C25H20N2O3/c1-17-8-13-23(18(2)14-17)26-24(20-6-4-3-5-7-20)16-21(25(26)28)15-19-9-11-22(12-10-19)27(29)30/h3-16H,1-2H3. The molecule has 0 atom stereocenters. The molecule has 0 radical (unpaired) electrons. The molecule has 0 N–H and O–H groups in total. The van der Waals surface area contributed by atoms with E-state index in [-0.39, 0.29) is 11.6 Å². The van der Waals surface area contributed by atoms with E-state index in [4.69, 9.17) is 0 Å². The molecule has 5 heteroatoms. The van der Waals surface area contributed by atoms with Crippen LogP contribution in [0.4, 0.5) is 11.4 Å². The van der Waals surface area contributed by atoms with Crippen LogP contribution in [0.3, 0.4) is 0 Å². The van der Waals surface area contributed by atoms with Crippen LogP contribution >= 0.6 is 0 Å². The van der Waals surface area contributed by atoms with Crippen LogP contribution in [0.1, 0.15) is 22.3 Å². The van der Waals surface area contributed by atoms with Gasteiger partial charge in [-0.2, -0.15) is 0 Å². The van der Waals surface area contributed by atoms with Gasteiger partial charge in [0, 0.05) is 17.7 Å². The molecule has 30 heavy (non-hydrogen) atoms. The summed E-state index contributed by atoms with van der Waals surface area (Å²) in [7, 11) is 0. The van der Waals surface area contributed by atoms with Gasteiger partial charge < -0.3 is 0 Å².